The summed E-state index contributed by atoms with van der Waals surface area (Å²) in [5.41, 5.74) is 1.17. The van der Waals surface area contributed by atoms with E-state index in [1.165, 1.54) is 16.8 Å². The second-order valence-corrected chi connectivity index (χ2v) is 2.80. The van der Waals surface area contributed by atoms with Crippen LogP contribution in [0.3, 0.4) is 0 Å². The van der Waals surface area contributed by atoms with Crippen LogP contribution >= 0.6 is 0 Å². The molecule has 0 unspecified atom stereocenters. The van der Waals surface area contributed by atoms with Crippen LogP contribution in [0.5, 0.6) is 0 Å². The molecule has 0 bridgehead atoms. The highest BCUT2D eigenvalue weighted by Gasteiger charge is 2.00. The molecule has 1 N–H and O–H groups in total. The van der Waals surface area contributed by atoms with Crippen molar-refractivity contribution in [1.29, 1.82) is 0 Å². The molecule has 1 radical (unpaired) electrons. The van der Waals surface area contributed by atoms with Gasteiger partial charge in [-0.1, -0.05) is 0 Å². The summed E-state index contributed by atoms with van der Waals surface area (Å²) in [4.78, 5) is 0. The molecule has 1 heterocycles. The number of halogens is 1. The van der Waals surface area contributed by atoms with Crippen molar-refractivity contribution in [3.63, 3.8) is 0 Å². The standard InChI is InChI=1S/C10H8FN2O/c11-8-2-1-3-10(6-8)13-5-4-9(7-14)12-13/h1,3-6,14H,7H2. The first kappa shape index (κ1) is 8.90. The highest BCUT2D eigenvalue weighted by Crippen LogP contribution is 2.08. The first-order chi connectivity index (χ1) is 6.79. The molecule has 71 valence electrons. The Morgan fingerprint density at radius 1 is 1.50 bits per heavy atom. The fraction of sp³-hybridized carbons (Fsp3) is 0.100. The molecule has 0 saturated carbocycles. The van der Waals surface area contributed by atoms with Gasteiger partial charge in [-0.15, -0.1) is 0 Å². The number of aliphatic hydroxyl groups excluding tert-OH is 1. The van der Waals surface area contributed by atoms with E-state index in [0.29, 0.717) is 11.4 Å². The maximum absolute atomic E-state index is 12.8. The van der Waals surface area contributed by atoms with Crippen LogP contribution in [0.4, 0.5) is 4.39 Å². The molecular formula is C10H8FN2O. The number of rotatable bonds is 2. The Labute approximate surface area is 80.4 Å². The Morgan fingerprint density at radius 3 is 3.00 bits per heavy atom. The SMILES string of the molecule is OCc1ccn(-c2cc[c]c(F)c2)n1. The lowest BCUT2D eigenvalue weighted by Crippen LogP contribution is -1.96. The van der Waals surface area contributed by atoms with Crippen molar-refractivity contribution < 1.29 is 9.50 Å². The summed E-state index contributed by atoms with van der Waals surface area (Å²) in [6.07, 6.45) is 1.67. The zero-order valence-electron chi connectivity index (χ0n) is 7.31. The average molecular weight is 191 g/mol. The summed E-state index contributed by atoms with van der Waals surface area (Å²) in [6, 6.07) is 8.59. The second kappa shape index (κ2) is 3.59. The van der Waals surface area contributed by atoms with Gasteiger partial charge in [0.15, 0.2) is 0 Å². The Kier molecular flexibility index (Phi) is 2.28. The van der Waals surface area contributed by atoms with Crippen molar-refractivity contribution in [2.24, 2.45) is 0 Å². The predicted octanol–water partition coefficient (Wildman–Crippen LogP) is 1.30. The third kappa shape index (κ3) is 1.65. The predicted molar refractivity (Wildman–Crippen MR) is 48.3 cm³/mol. The number of hydrogen-bond donors (Lipinski definition) is 1. The van der Waals surface area contributed by atoms with Crippen LogP contribution < -0.4 is 0 Å². The van der Waals surface area contributed by atoms with Gasteiger partial charge in [0.25, 0.3) is 0 Å². The smallest absolute Gasteiger partial charge is 0.133 e. The van der Waals surface area contributed by atoms with E-state index < -0.39 is 5.82 Å². The molecule has 0 saturated heterocycles. The van der Waals surface area contributed by atoms with Gasteiger partial charge in [-0.25, -0.2) is 9.07 Å². The van der Waals surface area contributed by atoms with Gasteiger partial charge in [0, 0.05) is 18.3 Å². The van der Waals surface area contributed by atoms with Crippen molar-refractivity contribution >= 4 is 0 Å². The molecule has 2 aromatic rings. The topological polar surface area (TPSA) is 38.0 Å². The van der Waals surface area contributed by atoms with E-state index in [-0.39, 0.29) is 6.61 Å². The highest BCUT2D eigenvalue weighted by atomic mass is 19.1. The van der Waals surface area contributed by atoms with Crippen molar-refractivity contribution in [3.8, 4) is 5.69 Å². The van der Waals surface area contributed by atoms with Crippen LogP contribution in [0.2, 0.25) is 0 Å². The zero-order valence-corrected chi connectivity index (χ0v) is 7.31. The Balaban J connectivity index is 2.39. The van der Waals surface area contributed by atoms with Crippen LogP contribution in [-0.4, -0.2) is 14.9 Å². The first-order valence-electron chi connectivity index (χ1n) is 4.12. The first-order valence-corrected chi connectivity index (χ1v) is 4.12. The highest BCUT2D eigenvalue weighted by molar-refractivity contribution is 5.30. The monoisotopic (exact) mass is 191 g/mol. The molecule has 1 aromatic heterocycles. The van der Waals surface area contributed by atoms with Crippen molar-refractivity contribution in [2.75, 3.05) is 0 Å². The van der Waals surface area contributed by atoms with Crippen LogP contribution in [0, 0.1) is 11.9 Å². The minimum Gasteiger partial charge on any atom is -0.390 e. The van der Waals surface area contributed by atoms with Crippen LogP contribution in [0.15, 0.2) is 30.5 Å². The maximum atomic E-state index is 12.8. The molecule has 1 aromatic carbocycles. The second-order valence-electron chi connectivity index (χ2n) is 2.80. The molecule has 14 heavy (non-hydrogen) atoms. The van der Waals surface area contributed by atoms with Gasteiger partial charge in [-0.2, -0.15) is 5.10 Å². The van der Waals surface area contributed by atoms with Gasteiger partial charge in [-0.05, 0) is 18.2 Å². The van der Waals surface area contributed by atoms with Gasteiger partial charge < -0.3 is 5.11 Å². The quantitative estimate of drug-likeness (QED) is 0.777. The lowest BCUT2D eigenvalue weighted by molar-refractivity contribution is 0.276. The minimum absolute atomic E-state index is 0.117. The van der Waals surface area contributed by atoms with Gasteiger partial charge in [0.1, 0.15) is 5.82 Å². The van der Waals surface area contributed by atoms with E-state index in [1.807, 2.05) is 0 Å². The number of aliphatic hydroxyl groups is 1. The molecule has 3 nitrogen and oxygen atoms in total. The van der Waals surface area contributed by atoms with Gasteiger partial charge in [0.05, 0.1) is 18.0 Å². The maximum Gasteiger partial charge on any atom is 0.133 e. The van der Waals surface area contributed by atoms with E-state index >= 15 is 0 Å². The number of nitrogens with zero attached hydrogens (tertiary/aromatic N) is 2. The normalized spacial score (nSPS) is 10.4. The molecule has 0 aliphatic carbocycles. The molecule has 0 atom stereocenters. The van der Waals surface area contributed by atoms with Gasteiger partial charge in [-0.3, -0.25) is 0 Å². The van der Waals surface area contributed by atoms with Crippen LogP contribution in [0.25, 0.3) is 5.69 Å². The molecule has 2 rings (SSSR count). The van der Waals surface area contributed by atoms with E-state index in [1.54, 1.807) is 18.3 Å². The number of benzene rings is 1. The van der Waals surface area contributed by atoms with Crippen molar-refractivity contribution in [3.05, 3.63) is 48.0 Å². The van der Waals surface area contributed by atoms with E-state index in [4.69, 9.17) is 5.11 Å². The lowest BCUT2D eigenvalue weighted by atomic mass is 10.3. The molecule has 0 amide bonds. The molecular weight excluding hydrogens is 183 g/mol. The molecule has 0 spiro atoms. The molecule has 0 aliphatic heterocycles. The van der Waals surface area contributed by atoms with E-state index in [9.17, 15) is 4.39 Å². The Hall–Kier alpha value is -1.68. The van der Waals surface area contributed by atoms with Gasteiger partial charge in [0.2, 0.25) is 0 Å². The molecule has 4 heteroatoms. The lowest BCUT2D eigenvalue weighted by Gasteiger charge is -1.99. The fourth-order valence-corrected chi connectivity index (χ4v) is 1.16. The summed E-state index contributed by atoms with van der Waals surface area (Å²) in [5, 5.41) is 12.8. The zero-order chi connectivity index (χ0) is 9.97. The number of hydrogen-bond acceptors (Lipinski definition) is 2. The van der Waals surface area contributed by atoms with Gasteiger partial charge >= 0.3 is 0 Å². The average Bonchev–Trinajstić information content (AvgIpc) is 2.66. The molecule has 0 fully saturated rings. The summed E-state index contributed by atoms with van der Waals surface area (Å²) < 4.78 is 14.3. The van der Waals surface area contributed by atoms with Crippen LogP contribution in [0.1, 0.15) is 5.69 Å². The number of aromatic nitrogens is 2. The van der Waals surface area contributed by atoms with E-state index in [2.05, 4.69) is 11.2 Å². The van der Waals surface area contributed by atoms with Crippen molar-refractivity contribution in [1.82, 2.24) is 9.78 Å². The summed E-state index contributed by atoms with van der Waals surface area (Å²) >= 11 is 0. The molecule has 0 aliphatic rings. The third-order valence-corrected chi connectivity index (χ3v) is 1.82. The largest absolute Gasteiger partial charge is 0.390 e. The summed E-state index contributed by atoms with van der Waals surface area (Å²) in [7, 11) is 0. The van der Waals surface area contributed by atoms with E-state index in [0.717, 1.165) is 0 Å². The van der Waals surface area contributed by atoms with Crippen LogP contribution in [-0.2, 0) is 6.61 Å². The summed E-state index contributed by atoms with van der Waals surface area (Å²) in [5.74, 6) is -0.427. The summed E-state index contributed by atoms with van der Waals surface area (Å²) in [6.45, 7) is -0.117. The fourth-order valence-electron chi connectivity index (χ4n) is 1.16. The third-order valence-electron chi connectivity index (χ3n) is 1.82. The Bertz CT molecular complexity index is 439. The van der Waals surface area contributed by atoms with Crippen molar-refractivity contribution in [2.45, 2.75) is 6.61 Å². The minimum atomic E-state index is -0.427. The Morgan fingerprint density at radius 2 is 2.36 bits per heavy atom.